The minimum absolute atomic E-state index is 0.113. The quantitative estimate of drug-likeness (QED) is 0.386. The lowest BCUT2D eigenvalue weighted by Gasteiger charge is -2.31. The van der Waals surface area contributed by atoms with Crippen LogP contribution in [-0.4, -0.2) is 54.3 Å². The standard InChI is InChI=1S/C27H25Cl2N5O5S/c1-27(14-17-3-5-18(15-30)6-4-17)25(36)33(22-12-20(28)11-21(29)13-22)26-31-16-23(34(26)27)40(37,38)32-9-7-19(8-10-32)24(35)39-2/h3-6,11-13,16,19H,7-10,14H2,1-2H3. The van der Waals surface area contributed by atoms with Gasteiger partial charge >= 0.3 is 5.97 Å². The van der Waals surface area contributed by atoms with Crippen LogP contribution in [0, 0.1) is 17.2 Å². The van der Waals surface area contributed by atoms with E-state index in [4.69, 9.17) is 27.9 Å². The van der Waals surface area contributed by atoms with Crippen molar-refractivity contribution >= 4 is 56.7 Å². The van der Waals surface area contributed by atoms with Gasteiger partial charge in [-0.2, -0.15) is 9.57 Å². The summed E-state index contributed by atoms with van der Waals surface area (Å²) in [6, 6.07) is 13.5. The number of hydrogen-bond donors (Lipinski definition) is 0. The molecule has 2 aliphatic rings. The second-order valence-corrected chi connectivity index (χ2v) is 12.7. The molecule has 13 heteroatoms. The molecule has 0 saturated carbocycles. The van der Waals surface area contributed by atoms with Gasteiger partial charge in [0.25, 0.3) is 15.9 Å². The van der Waals surface area contributed by atoms with Crippen LogP contribution < -0.4 is 4.90 Å². The molecule has 10 nitrogen and oxygen atoms in total. The van der Waals surface area contributed by atoms with Gasteiger partial charge in [-0.15, -0.1) is 0 Å². The summed E-state index contributed by atoms with van der Waals surface area (Å²) in [7, 11) is -2.80. The summed E-state index contributed by atoms with van der Waals surface area (Å²) >= 11 is 12.5. The molecule has 0 bridgehead atoms. The van der Waals surface area contributed by atoms with Crippen molar-refractivity contribution in [3.63, 3.8) is 0 Å². The smallest absolute Gasteiger partial charge is 0.308 e. The number of fused-ring (bicyclic) bond motifs is 1. The maximum absolute atomic E-state index is 14.2. The number of methoxy groups -OCH3 is 1. The molecule has 0 aliphatic carbocycles. The Kier molecular flexibility index (Phi) is 7.39. The molecule has 3 aromatic rings. The molecule has 1 fully saturated rings. The van der Waals surface area contributed by atoms with Gasteiger partial charge in [-0.3, -0.25) is 14.2 Å². The Morgan fingerprint density at radius 3 is 2.35 bits per heavy atom. The molecule has 1 amide bonds. The lowest BCUT2D eigenvalue weighted by molar-refractivity contribution is -0.146. The summed E-state index contributed by atoms with van der Waals surface area (Å²) in [5.74, 6) is -1.04. The van der Waals surface area contributed by atoms with E-state index in [1.165, 1.54) is 33.1 Å². The maximum atomic E-state index is 14.2. The number of carbonyl (C=O) groups excluding carboxylic acids is 2. The highest BCUT2D eigenvalue weighted by atomic mass is 35.5. The van der Waals surface area contributed by atoms with Crippen molar-refractivity contribution in [3.8, 4) is 6.07 Å². The van der Waals surface area contributed by atoms with Gasteiger partial charge in [0, 0.05) is 29.6 Å². The van der Waals surface area contributed by atoms with Crippen LogP contribution >= 0.6 is 23.2 Å². The third-order valence-corrected chi connectivity index (χ3v) is 9.70. The number of amides is 1. The number of halogens is 2. The molecule has 2 aliphatic heterocycles. The number of esters is 1. The van der Waals surface area contributed by atoms with Crippen LogP contribution in [0.25, 0.3) is 0 Å². The van der Waals surface area contributed by atoms with Crippen molar-refractivity contribution in [3.05, 3.63) is 69.8 Å². The predicted octanol–water partition coefficient (Wildman–Crippen LogP) is 4.27. The maximum Gasteiger partial charge on any atom is 0.308 e. The highest BCUT2D eigenvalue weighted by Crippen LogP contribution is 2.45. The van der Waals surface area contributed by atoms with E-state index in [9.17, 15) is 23.3 Å². The zero-order valence-electron chi connectivity index (χ0n) is 21.7. The van der Waals surface area contributed by atoms with Crippen LogP contribution in [-0.2, 0) is 36.3 Å². The first-order valence-corrected chi connectivity index (χ1v) is 14.6. The number of benzene rings is 2. The number of nitrogens with zero attached hydrogens (tertiary/aromatic N) is 5. The van der Waals surface area contributed by atoms with Crippen LogP contribution in [0.4, 0.5) is 11.6 Å². The fraction of sp³-hybridized carbons (Fsp3) is 0.333. The number of rotatable bonds is 6. The number of imidazole rings is 1. The average Bonchev–Trinajstić information content (AvgIpc) is 3.46. The van der Waals surface area contributed by atoms with Gasteiger partial charge < -0.3 is 4.74 Å². The van der Waals surface area contributed by atoms with E-state index in [2.05, 4.69) is 11.1 Å². The van der Waals surface area contributed by atoms with Crippen LogP contribution in [0.2, 0.25) is 10.0 Å². The number of anilines is 2. The van der Waals surface area contributed by atoms with E-state index in [1.807, 2.05) is 0 Å². The van der Waals surface area contributed by atoms with Gasteiger partial charge in [0.2, 0.25) is 5.95 Å². The Balaban J connectivity index is 1.60. The van der Waals surface area contributed by atoms with Crippen LogP contribution in [0.5, 0.6) is 0 Å². The predicted molar refractivity (Wildman–Crippen MR) is 148 cm³/mol. The normalized spacial score (nSPS) is 19.9. The van der Waals surface area contributed by atoms with Gasteiger partial charge in [-0.25, -0.2) is 18.3 Å². The van der Waals surface area contributed by atoms with Crippen molar-refractivity contribution in [1.82, 2.24) is 13.9 Å². The second kappa shape index (κ2) is 10.5. The highest BCUT2D eigenvalue weighted by Gasteiger charge is 2.52. The molecule has 0 spiro atoms. The summed E-state index contributed by atoms with van der Waals surface area (Å²) in [4.78, 5) is 31.9. The third-order valence-electron chi connectivity index (χ3n) is 7.40. The zero-order valence-corrected chi connectivity index (χ0v) is 24.0. The molecule has 1 unspecified atom stereocenters. The first-order valence-electron chi connectivity index (χ1n) is 12.5. The summed E-state index contributed by atoms with van der Waals surface area (Å²) < 4.78 is 35.5. The molecule has 1 aromatic heterocycles. The lowest BCUT2D eigenvalue weighted by Crippen LogP contribution is -2.44. The minimum atomic E-state index is -4.11. The Morgan fingerprint density at radius 2 is 1.77 bits per heavy atom. The van der Waals surface area contributed by atoms with Crippen LogP contribution in [0.15, 0.2) is 53.7 Å². The number of ether oxygens (including phenoxy) is 1. The van der Waals surface area contributed by atoms with Crippen molar-refractivity contribution in [2.45, 2.75) is 36.8 Å². The minimum Gasteiger partial charge on any atom is -0.469 e. The van der Waals surface area contributed by atoms with Gasteiger partial charge in [0.15, 0.2) is 5.03 Å². The van der Waals surface area contributed by atoms with E-state index in [-0.39, 0.29) is 42.4 Å². The van der Waals surface area contributed by atoms with Crippen LogP contribution in [0.3, 0.4) is 0 Å². The fourth-order valence-electron chi connectivity index (χ4n) is 5.34. The monoisotopic (exact) mass is 601 g/mol. The summed E-state index contributed by atoms with van der Waals surface area (Å²) in [6.45, 7) is 1.90. The molecule has 1 saturated heterocycles. The Labute approximate surface area is 241 Å². The average molecular weight is 603 g/mol. The molecule has 1 atom stereocenters. The van der Waals surface area contributed by atoms with Gasteiger partial charge in [-0.05, 0) is 55.7 Å². The molecular weight excluding hydrogens is 577 g/mol. The number of piperidine rings is 1. The summed E-state index contributed by atoms with van der Waals surface area (Å²) in [6.07, 6.45) is 2.02. The molecule has 3 heterocycles. The van der Waals surface area contributed by atoms with Crippen molar-refractivity contribution < 1.29 is 22.7 Å². The Bertz CT molecular complexity index is 1620. The highest BCUT2D eigenvalue weighted by molar-refractivity contribution is 7.89. The van der Waals surface area contributed by atoms with Crippen molar-refractivity contribution in [2.24, 2.45) is 5.92 Å². The first kappa shape index (κ1) is 28.1. The SMILES string of the molecule is COC(=O)C1CCN(S(=O)(=O)c2cnc3n2C(C)(Cc2ccc(C#N)cc2)C(=O)N3c2cc(Cl)cc(Cl)c2)CC1. The molecule has 5 rings (SSSR count). The summed E-state index contributed by atoms with van der Waals surface area (Å²) in [5, 5.41) is 9.65. The molecule has 2 aromatic carbocycles. The van der Waals surface area contributed by atoms with E-state index < -0.39 is 21.5 Å². The van der Waals surface area contributed by atoms with Crippen molar-refractivity contribution in [1.29, 1.82) is 5.26 Å². The molecular formula is C27H25Cl2N5O5S. The zero-order chi connectivity index (χ0) is 28.8. The summed E-state index contributed by atoms with van der Waals surface area (Å²) in [5.41, 5.74) is 0.133. The van der Waals surface area contributed by atoms with Crippen LogP contribution in [0.1, 0.15) is 30.9 Å². The number of nitriles is 1. The molecule has 40 heavy (non-hydrogen) atoms. The lowest BCUT2D eigenvalue weighted by atomic mass is 9.91. The topological polar surface area (TPSA) is 126 Å². The van der Waals surface area contributed by atoms with E-state index in [0.717, 1.165) is 5.56 Å². The number of carbonyl (C=O) groups is 2. The number of hydrogen-bond acceptors (Lipinski definition) is 7. The van der Waals surface area contributed by atoms with Gasteiger partial charge in [0.1, 0.15) is 5.54 Å². The Morgan fingerprint density at radius 1 is 1.15 bits per heavy atom. The van der Waals surface area contributed by atoms with Gasteiger partial charge in [0.05, 0.1) is 36.5 Å². The number of sulfonamides is 1. The first-order chi connectivity index (χ1) is 19.0. The molecule has 0 N–H and O–H groups in total. The van der Waals surface area contributed by atoms with E-state index in [0.29, 0.717) is 34.1 Å². The largest absolute Gasteiger partial charge is 0.469 e. The molecule has 0 radical (unpaired) electrons. The fourth-order valence-corrected chi connectivity index (χ4v) is 7.51. The second-order valence-electron chi connectivity index (χ2n) is 9.96. The Hall–Kier alpha value is -3.43. The number of aromatic nitrogens is 2. The molecule has 208 valence electrons. The van der Waals surface area contributed by atoms with Crippen molar-refractivity contribution in [2.75, 3.05) is 25.1 Å². The van der Waals surface area contributed by atoms with E-state index in [1.54, 1.807) is 43.3 Å². The van der Waals surface area contributed by atoms with Gasteiger partial charge in [-0.1, -0.05) is 35.3 Å². The van der Waals surface area contributed by atoms with E-state index >= 15 is 0 Å². The third kappa shape index (κ3) is 4.75.